The lowest BCUT2D eigenvalue weighted by Crippen LogP contribution is -2.25. The van der Waals surface area contributed by atoms with Crippen molar-refractivity contribution in [1.29, 1.82) is 0 Å². The summed E-state index contributed by atoms with van der Waals surface area (Å²) in [6, 6.07) is 9.01. The van der Waals surface area contributed by atoms with E-state index in [2.05, 4.69) is 31.2 Å². The van der Waals surface area contributed by atoms with E-state index in [9.17, 15) is 4.79 Å². The Morgan fingerprint density at radius 1 is 1.19 bits per heavy atom. The standard InChI is InChI=1S/C15H17BrN4O/c1-3-20(4-2)15-17-10-9-13(19-15)14(21)18-12-7-5-11(16)6-8-12/h5-10H,3-4H2,1-2H3,(H,18,21). The van der Waals surface area contributed by atoms with Crippen molar-refractivity contribution in [3.63, 3.8) is 0 Å². The van der Waals surface area contributed by atoms with Crippen molar-refractivity contribution < 1.29 is 4.79 Å². The number of carbonyl (C=O) groups excluding carboxylic acids is 1. The van der Waals surface area contributed by atoms with Gasteiger partial charge in [0, 0.05) is 29.4 Å². The van der Waals surface area contributed by atoms with Crippen LogP contribution in [0.1, 0.15) is 24.3 Å². The summed E-state index contributed by atoms with van der Waals surface area (Å²) in [4.78, 5) is 22.7. The summed E-state index contributed by atoms with van der Waals surface area (Å²) in [6.45, 7) is 5.66. The molecule has 0 atom stereocenters. The highest BCUT2D eigenvalue weighted by Gasteiger charge is 2.11. The van der Waals surface area contributed by atoms with Crippen LogP contribution < -0.4 is 10.2 Å². The van der Waals surface area contributed by atoms with Crippen LogP contribution in [-0.4, -0.2) is 29.0 Å². The number of nitrogens with zero attached hydrogens (tertiary/aromatic N) is 3. The van der Waals surface area contributed by atoms with Gasteiger partial charge in [0.05, 0.1) is 0 Å². The average molecular weight is 349 g/mol. The van der Waals surface area contributed by atoms with E-state index in [1.807, 2.05) is 43.0 Å². The predicted octanol–water partition coefficient (Wildman–Crippen LogP) is 3.34. The smallest absolute Gasteiger partial charge is 0.274 e. The van der Waals surface area contributed by atoms with Gasteiger partial charge in [-0.3, -0.25) is 4.79 Å². The van der Waals surface area contributed by atoms with Crippen LogP contribution in [0.25, 0.3) is 0 Å². The maximum absolute atomic E-state index is 12.2. The maximum Gasteiger partial charge on any atom is 0.274 e. The molecule has 0 radical (unpaired) electrons. The van der Waals surface area contributed by atoms with Gasteiger partial charge in [-0.2, -0.15) is 0 Å². The number of halogens is 1. The third-order valence-corrected chi connectivity index (χ3v) is 3.55. The van der Waals surface area contributed by atoms with Crippen molar-refractivity contribution in [1.82, 2.24) is 9.97 Å². The molecule has 0 aliphatic rings. The van der Waals surface area contributed by atoms with E-state index in [1.165, 1.54) is 0 Å². The molecule has 0 fully saturated rings. The van der Waals surface area contributed by atoms with Gasteiger partial charge in [-0.25, -0.2) is 9.97 Å². The van der Waals surface area contributed by atoms with E-state index in [4.69, 9.17) is 0 Å². The zero-order chi connectivity index (χ0) is 15.2. The zero-order valence-electron chi connectivity index (χ0n) is 12.0. The van der Waals surface area contributed by atoms with Crippen LogP contribution in [0.2, 0.25) is 0 Å². The Morgan fingerprint density at radius 3 is 2.48 bits per heavy atom. The Balaban J connectivity index is 2.15. The summed E-state index contributed by atoms with van der Waals surface area (Å²) in [5, 5.41) is 2.82. The molecule has 1 aromatic carbocycles. The molecule has 6 heteroatoms. The van der Waals surface area contributed by atoms with E-state index in [0.29, 0.717) is 11.6 Å². The fourth-order valence-corrected chi connectivity index (χ4v) is 2.13. The number of carbonyl (C=O) groups is 1. The van der Waals surface area contributed by atoms with Gasteiger partial charge in [0.2, 0.25) is 5.95 Å². The van der Waals surface area contributed by atoms with E-state index >= 15 is 0 Å². The molecule has 1 heterocycles. The van der Waals surface area contributed by atoms with Gasteiger partial charge in [-0.1, -0.05) is 15.9 Å². The van der Waals surface area contributed by atoms with E-state index in [1.54, 1.807) is 12.3 Å². The first kappa shape index (κ1) is 15.4. The van der Waals surface area contributed by atoms with Crippen molar-refractivity contribution in [2.45, 2.75) is 13.8 Å². The van der Waals surface area contributed by atoms with Gasteiger partial charge in [-0.05, 0) is 44.2 Å². The van der Waals surface area contributed by atoms with Gasteiger partial charge >= 0.3 is 0 Å². The number of rotatable bonds is 5. The molecule has 0 bridgehead atoms. The predicted molar refractivity (Wildman–Crippen MR) is 87.7 cm³/mol. The second kappa shape index (κ2) is 7.17. The molecule has 0 saturated heterocycles. The lowest BCUT2D eigenvalue weighted by molar-refractivity contribution is 0.102. The lowest BCUT2D eigenvalue weighted by atomic mass is 10.3. The molecule has 0 aliphatic heterocycles. The minimum absolute atomic E-state index is 0.242. The molecule has 0 unspecified atom stereocenters. The quantitative estimate of drug-likeness (QED) is 0.900. The van der Waals surface area contributed by atoms with Gasteiger partial charge in [0.25, 0.3) is 5.91 Å². The molecule has 0 aliphatic carbocycles. The Hall–Kier alpha value is -1.95. The number of hydrogen-bond donors (Lipinski definition) is 1. The first-order valence-corrected chi connectivity index (χ1v) is 7.58. The third-order valence-electron chi connectivity index (χ3n) is 3.02. The molecule has 0 saturated carbocycles. The van der Waals surface area contributed by atoms with Crippen molar-refractivity contribution in [2.24, 2.45) is 0 Å². The van der Waals surface area contributed by atoms with Crippen LogP contribution in [0.15, 0.2) is 41.0 Å². The van der Waals surface area contributed by atoms with Crippen LogP contribution in [0.3, 0.4) is 0 Å². The van der Waals surface area contributed by atoms with Gasteiger partial charge in [-0.15, -0.1) is 0 Å². The van der Waals surface area contributed by atoms with Gasteiger partial charge in [0.1, 0.15) is 5.69 Å². The number of benzene rings is 1. The minimum atomic E-state index is -0.242. The van der Waals surface area contributed by atoms with Crippen LogP contribution >= 0.6 is 15.9 Å². The Labute approximate surface area is 132 Å². The fraction of sp³-hybridized carbons (Fsp3) is 0.267. The van der Waals surface area contributed by atoms with Crippen molar-refractivity contribution >= 4 is 33.5 Å². The first-order chi connectivity index (χ1) is 10.1. The topological polar surface area (TPSA) is 58.1 Å². The third kappa shape index (κ3) is 4.01. The van der Waals surface area contributed by atoms with E-state index < -0.39 is 0 Å². The van der Waals surface area contributed by atoms with Gasteiger partial charge < -0.3 is 10.2 Å². The summed E-state index contributed by atoms with van der Waals surface area (Å²) in [6.07, 6.45) is 1.61. The van der Waals surface area contributed by atoms with Crippen LogP contribution in [0, 0.1) is 0 Å². The van der Waals surface area contributed by atoms with Crippen molar-refractivity contribution in [3.8, 4) is 0 Å². The SMILES string of the molecule is CCN(CC)c1nccc(C(=O)Nc2ccc(Br)cc2)n1. The fourth-order valence-electron chi connectivity index (χ4n) is 1.86. The molecule has 110 valence electrons. The summed E-state index contributed by atoms with van der Waals surface area (Å²) in [5.41, 5.74) is 1.08. The van der Waals surface area contributed by atoms with E-state index in [0.717, 1.165) is 23.2 Å². The zero-order valence-corrected chi connectivity index (χ0v) is 13.6. The lowest BCUT2D eigenvalue weighted by Gasteiger charge is -2.18. The van der Waals surface area contributed by atoms with Crippen molar-refractivity contribution in [3.05, 3.63) is 46.7 Å². The normalized spacial score (nSPS) is 10.2. The Bertz CT molecular complexity index is 611. The minimum Gasteiger partial charge on any atom is -0.341 e. The Morgan fingerprint density at radius 2 is 1.86 bits per heavy atom. The molecular weight excluding hydrogens is 332 g/mol. The summed E-state index contributed by atoms with van der Waals surface area (Å²) in [5.74, 6) is 0.330. The first-order valence-electron chi connectivity index (χ1n) is 6.79. The van der Waals surface area contributed by atoms with Crippen LogP contribution in [0.4, 0.5) is 11.6 Å². The number of nitrogens with one attached hydrogen (secondary N) is 1. The number of aromatic nitrogens is 2. The molecule has 0 spiro atoms. The molecule has 21 heavy (non-hydrogen) atoms. The summed E-state index contributed by atoms with van der Waals surface area (Å²) in [7, 11) is 0. The summed E-state index contributed by atoms with van der Waals surface area (Å²) >= 11 is 3.36. The number of anilines is 2. The highest BCUT2D eigenvalue weighted by atomic mass is 79.9. The monoisotopic (exact) mass is 348 g/mol. The maximum atomic E-state index is 12.2. The molecule has 2 aromatic rings. The largest absolute Gasteiger partial charge is 0.341 e. The second-order valence-corrected chi connectivity index (χ2v) is 5.29. The average Bonchev–Trinajstić information content (AvgIpc) is 2.51. The highest BCUT2D eigenvalue weighted by Crippen LogP contribution is 2.15. The number of hydrogen-bond acceptors (Lipinski definition) is 4. The highest BCUT2D eigenvalue weighted by molar-refractivity contribution is 9.10. The molecule has 5 nitrogen and oxygen atoms in total. The Kier molecular flexibility index (Phi) is 5.27. The molecule has 1 aromatic heterocycles. The van der Waals surface area contributed by atoms with Gasteiger partial charge in [0.15, 0.2) is 0 Å². The number of amides is 1. The summed E-state index contributed by atoms with van der Waals surface area (Å²) < 4.78 is 0.964. The molecular formula is C15H17BrN4O. The van der Waals surface area contributed by atoms with Crippen LogP contribution in [0.5, 0.6) is 0 Å². The van der Waals surface area contributed by atoms with E-state index in [-0.39, 0.29) is 5.91 Å². The molecule has 1 N–H and O–H groups in total. The molecule has 1 amide bonds. The second-order valence-electron chi connectivity index (χ2n) is 4.38. The molecule has 2 rings (SSSR count). The van der Waals surface area contributed by atoms with Crippen molar-refractivity contribution in [2.75, 3.05) is 23.3 Å². The van der Waals surface area contributed by atoms with Crippen LogP contribution in [-0.2, 0) is 0 Å².